The van der Waals surface area contributed by atoms with Crippen molar-refractivity contribution in [2.75, 3.05) is 0 Å². The van der Waals surface area contributed by atoms with E-state index in [-0.39, 0.29) is 22.5 Å². The highest BCUT2D eigenvalue weighted by Gasteiger charge is 2.60. The largest absolute Gasteiger partial charge is 0.300 e. The predicted octanol–water partition coefficient (Wildman–Crippen LogP) is 4.75. The predicted molar refractivity (Wildman–Crippen MR) is 95.3 cm³/mol. The van der Waals surface area contributed by atoms with Gasteiger partial charge in [-0.25, -0.2) is 0 Å². The van der Waals surface area contributed by atoms with Gasteiger partial charge in [0.25, 0.3) is 0 Å². The fraction of sp³-hybridized carbons (Fsp3) is 0.727. The third kappa shape index (κ3) is 2.01. The summed E-state index contributed by atoms with van der Waals surface area (Å²) in [6.07, 6.45) is 11.8. The lowest BCUT2D eigenvalue weighted by Gasteiger charge is -2.58. The highest BCUT2D eigenvalue weighted by atomic mass is 16.1. The Balaban J connectivity index is 1.72. The molecule has 0 aliphatic heterocycles. The van der Waals surface area contributed by atoms with Crippen LogP contribution >= 0.6 is 0 Å². The number of rotatable bonds is 1. The molecule has 130 valence electrons. The molecule has 4 aliphatic rings. The van der Waals surface area contributed by atoms with Gasteiger partial charge in [-0.15, -0.1) is 0 Å². The van der Waals surface area contributed by atoms with Gasteiger partial charge >= 0.3 is 0 Å². The van der Waals surface area contributed by atoms with Gasteiger partial charge in [-0.05, 0) is 80.3 Å². The van der Waals surface area contributed by atoms with Gasteiger partial charge in [0.2, 0.25) is 0 Å². The van der Waals surface area contributed by atoms with E-state index in [1.165, 1.54) is 31.3 Å². The van der Waals surface area contributed by atoms with Gasteiger partial charge in [0, 0.05) is 11.3 Å². The van der Waals surface area contributed by atoms with Crippen LogP contribution in [-0.2, 0) is 9.59 Å². The first-order valence-electron chi connectivity index (χ1n) is 9.73. The van der Waals surface area contributed by atoms with Crippen LogP contribution in [0.15, 0.2) is 23.8 Å². The molecule has 0 aromatic heterocycles. The van der Waals surface area contributed by atoms with Gasteiger partial charge in [0.05, 0.1) is 0 Å². The molecule has 4 aliphatic carbocycles. The van der Waals surface area contributed by atoms with Crippen LogP contribution in [0.3, 0.4) is 0 Å². The van der Waals surface area contributed by atoms with Gasteiger partial charge in [-0.2, -0.15) is 0 Å². The molecule has 0 aromatic rings. The van der Waals surface area contributed by atoms with E-state index in [4.69, 9.17) is 0 Å². The first-order valence-corrected chi connectivity index (χ1v) is 9.73. The molecule has 1 unspecified atom stereocenters. The summed E-state index contributed by atoms with van der Waals surface area (Å²) in [5.74, 6) is 3.31. The fourth-order valence-corrected chi connectivity index (χ4v) is 7.28. The van der Waals surface area contributed by atoms with Crippen LogP contribution in [0.25, 0.3) is 0 Å². The summed E-state index contributed by atoms with van der Waals surface area (Å²) in [4.78, 5) is 24.1. The Morgan fingerprint density at radius 3 is 2.62 bits per heavy atom. The Morgan fingerprint density at radius 1 is 1.17 bits per heavy atom. The van der Waals surface area contributed by atoms with Gasteiger partial charge < -0.3 is 0 Å². The summed E-state index contributed by atoms with van der Waals surface area (Å²) in [7, 11) is 0. The molecule has 2 heteroatoms. The van der Waals surface area contributed by atoms with E-state index >= 15 is 0 Å². The average molecular weight is 326 g/mol. The first kappa shape index (κ1) is 16.3. The standard InChI is InChI=1S/C22H30O2/c1-13-11-16-18-6-5-17(14(2)23)21(18,3)10-8-19(16)22(4)9-7-15(24)12-20(13)22/h7,9,12-13,16-19H,5-6,8,10-11H2,1-4H3/t13?,16-,17+,18-,19-,21+,22+/m0/s1. The fourth-order valence-electron chi connectivity index (χ4n) is 7.28. The van der Waals surface area contributed by atoms with Crippen LogP contribution < -0.4 is 0 Å². The summed E-state index contributed by atoms with van der Waals surface area (Å²) in [5.41, 5.74) is 1.62. The number of carbonyl (C=O) groups excluding carboxylic acids is 2. The van der Waals surface area contributed by atoms with E-state index in [0.29, 0.717) is 29.5 Å². The number of hydrogen-bond donors (Lipinski definition) is 0. The number of carbonyl (C=O) groups is 2. The van der Waals surface area contributed by atoms with E-state index in [1.807, 2.05) is 6.08 Å². The molecule has 3 fully saturated rings. The Kier molecular flexibility index (Phi) is 3.50. The maximum atomic E-state index is 12.2. The zero-order valence-corrected chi connectivity index (χ0v) is 15.5. The lowest BCUT2D eigenvalue weighted by Crippen LogP contribution is -2.51. The molecule has 7 atom stereocenters. The summed E-state index contributed by atoms with van der Waals surface area (Å²) < 4.78 is 0. The van der Waals surface area contributed by atoms with Crippen molar-refractivity contribution in [3.05, 3.63) is 23.8 Å². The minimum Gasteiger partial charge on any atom is -0.300 e. The number of hydrogen-bond acceptors (Lipinski definition) is 2. The molecule has 0 saturated heterocycles. The van der Waals surface area contributed by atoms with Crippen molar-refractivity contribution in [2.24, 2.45) is 40.4 Å². The molecule has 3 saturated carbocycles. The Morgan fingerprint density at radius 2 is 1.92 bits per heavy atom. The number of allylic oxidation sites excluding steroid dienone is 4. The Bertz CT molecular complexity index is 657. The van der Waals surface area contributed by atoms with Crippen LogP contribution in [0.2, 0.25) is 0 Å². The average Bonchev–Trinajstić information content (AvgIpc) is 2.87. The molecule has 0 heterocycles. The third-order valence-electron chi connectivity index (χ3n) is 8.37. The molecule has 0 bridgehead atoms. The summed E-state index contributed by atoms with van der Waals surface area (Å²) in [5, 5.41) is 0. The second-order valence-corrected chi connectivity index (χ2v) is 9.42. The van der Waals surface area contributed by atoms with Crippen molar-refractivity contribution in [2.45, 2.75) is 59.8 Å². The zero-order valence-electron chi connectivity index (χ0n) is 15.5. The van der Waals surface area contributed by atoms with Crippen molar-refractivity contribution < 1.29 is 9.59 Å². The second-order valence-electron chi connectivity index (χ2n) is 9.42. The summed E-state index contributed by atoms with van der Waals surface area (Å²) in [6.45, 7) is 8.85. The molecule has 2 nitrogen and oxygen atoms in total. The van der Waals surface area contributed by atoms with Gasteiger partial charge in [0.1, 0.15) is 5.78 Å². The lowest BCUT2D eigenvalue weighted by molar-refractivity contribution is -0.127. The van der Waals surface area contributed by atoms with Crippen molar-refractivity contribution in [1.29, 1.82) is 0 Å². The lowest BCUT2D eigenvalue weighted by atomic mass is 9.46. The highest BCUT2D eigenvalue weighted by Crippen LogP contribution is 2.66. The quantitative estimate of drug-likeness (QED) is 0.697. The van der Waals surface area contributed by atoms with Crippen LogP contribution in [0.5, 0.6) is 0 Å². The molecular formula is C22H30O2. The molecule has 4 rings (SSSR count). The van der Waals surface area contributed by atoms with Gasteiger partial charge in [-0.3, -0.25) is 9.59 Å². The summed E-state index contributed by atoms with van der Waals surface area (Å²) >= 11 is 0. The van der Waals surface area contributed by atoms with Crippen molar-refractivity contribution in [1.82, 2.24) is 0 Å². The van der Waals surface area contributed by atoms with Crippen LogP contribution in [0.4, 0.5) is 0 Å². The van der Waals surface area contributed by atoms with Crippen molar-refractivity contribution in [3.8, 4) is 0 Å². The molecule has 24 heavy (non-hydrogen) atoms. The second kappa shape index (κ2) is 5.16. The smallest absolute Gasteiger partial charge is 0.178 e. The zero-order chi connectivity index (χ0) is 17.3. The molecule has 0 spiro atoms. The van der Waals surface area contributed by atoms with Crippen LogP contribution in [0, 0.1) is 40.4 Å². The number of Topliss-reactive ketones (excluding diaryl/α,β-unsaturated/α-hetero) is 1. The van der Waals surface area contributed by atoms with Crippen LogP contribution in [0.1, 0.15) is 59.8 Å². The highest BCUT2D eigenvalue weighted by molar-refractivity contribution is 6.01. The molecule has 0 radical (unpaired) electrons. The Hall–Kier alpha value is -1.18. The van der Waals surface area contributed by atoms with E-state index in [0.717, 1.165) is 6.42 Å². The van der Waals surface area contributed by atoms with E-state index < -0.39 is 0 Å². The number of fused-ring (bicyclic) bond motifs is 5. The molecule has 0 N–H and O–H groups in total. The normalized spacial score (nSPS) is 49.9. The van der Waals surface area contributed by atoms with Gasteiger partial charge in [-0.1, -0.05) is 32.4 Å². The maximum Gasteiger partial charge on any atom is 0.178 e. The van der Waals surface area contributed by atoms with Crippen molar-refractivity contribution >= 4 is 11.6 Å². The molecular weight excluding hydrogens is 296 g/mol. The molecule has 0 aromatic carbocycles. The van der Waals surface area contributed by atoms with Gasteiger partial charge in [0.15, 0.2) is 5.78 Å². The minimum atomic E-state index is 0.0475. The topological polar surface area (TPSA) is 34.1 Å². The van der Waals surface area contributed by atoms with E-state index in [9.17, 15) is 9.59 Å². The Labute approximate surface area is 145 Å². The SMILES string of the molecule is CC(=O)[C@H]1CC[C@H]2[C@@H]3CC(C)C4=CC(=O)C=C[C@]4(C)[C@H]3CC[C@]12C. The van der Waals surface area contributed by atoms with Crippen LogP contribution in [-0.4, -0.2) is 11.6 Å². The molecule has 0 amide bonds. The third-order valence-corrected chi connectivity index (χ3v) is 8.37. The van der Waals surface area contributed by atoms with E-state index in [2.05, 4.69) is 26.8 Å². The monoisotopic (exact) mass is 326 g/mol. The maximum absolute atomic E-state index is 12.2. The summed E-state index contributed by atoms with van der Waals surface area (Å²) in [6, 6.07) is 0. The first-order chi connectivity index (χ1) is 11.3. The van der Waals surface area contributed by atoms with Crippen molar-refractivity contribution in [3.63, 3.8) is 0 Å². The number of ketones is 2. The minimum absolute atomic E-state index is 0.0475. The van der Waals surface area contributed by atoms with E-state index in [1.54, 1.807) is 13.0 Å².